The molecule has 1 rings (SSSR count). The van der Waals surface area contributed by atoms with E-state index in [0.29, 0.717) is 23.5 Å². The summed E-state index contributed by atoms with van der Waals surface area (Å²) in [5.41, 5.74) is 6.34. The lowest BCUT2D eigenvalue weighted by Crippen LogP contribution is -2.30. The third-order valence-corrected chi connectivity index (χ3v) is 5.67. The molecular weight excluding hydrogens is 328 g/mol. The molecule has 1 unspecified atom stereocenters. The molecule has 1 aromatic rings. The molecule has 0 saturated carbocycles. The highest BCUT2D eigenvalue weighted by molar-refractivity contribution is 9.10. The van der Waals surface area contributed by atoms with E-state index in [1.54, 1.807) is 18.2 Å². The third-order valence-electron chi connectivity index (χ3n) is 3.25. The first kappa shape index (κ1) is 16.6. The smallest absolute Gasteiger partial charge is 0.241 e. The highest BCUT2D eigenvalue weighted by atomic mass is 79.9. The predicted molar refractivity (Wildman–Crippen MR) is 81.2 cm³/mol. The molecule has 0 heterocycles. The van der Waals surface area contributed by atoms with Gasteiger partial charge in [-0.25, -0.2) is 13.1 Å². The summed E-state index contributed by atoms with van der Waals surface area (Å²) in [6.45, 7) is 6.92. The van der Waals surface area contributed by atoms with Gasteiger partial charge >= 0.3 is 0 Å². The Balaban J connectivity index is 2.94. The molecular formula is C13H21BrN2O2S. The summed E-state index contributed by atoms with van der Waals surface area (Å²) >= 11 is 3.27. The minimum atomic E-state index is -3.50. The third kappa shape index (κ3) is 4.56. The van der Waals surface area contributed by atoms with E-state index < -0.39 is 10.0 Å². The van der Waals surface area contributed by atoms with Gasteiger partial charge in [0.05, 0.1) is 4.90 Å². The molecule has 0 saturated heterocycles. The highest BCUT2D eigenvalue weighted by Gasteiger charge is 2.19. The van der Waals surface area contributed by atoms with Crippen LogP contribution in [0.25, 0.3) is 0 Å². The molecule has 0 aliphatic heterocycles. The first-order chi connectivity index (χ1) is 8.77. The minimum absolute atomic E-state index is 0.242. The molecule has 0 bridgehead atoms. The second-order valence-corrected chi connectivity index (χ2v) is 7.63. The number of hydrogen-bond acceptors (Lipinski definition) is 3. The average Bonchev–Trinajstić information content (AvgIpc) is 2.36. The van der Waals surface area contributed by atoms with Gasteiger partial charge in [0.25, 0.3) is 0 Å². The molecule has 0 aliphatic carbocycles. The van der Waals surface area contributed by atoms with Crippen LogP contribution in [0.2, 0.25) is 0 Å². The summed E-state index contributed by atoms with van der Waals surface area (Å²) < 4.78 is 27.7. The molecule has 19 heavy (non-hydrogen) atoms. The number of halogens is 1. The maximum Gasteiger partial charge on any atom is 0.241 e. The van der Waals surface area contributed by atoms with Crippen LogP contribution in [0.1, 0.15) is 26.3 Å². The molecule has 0 radical (unpaired) electrons. The van der Waals surface area contributed by atoms with Crippen LogP contribution >= 0.6 is 15.9 Å². The molecule has 1 atom stereocenters. The largest absolute Gasteiger partial charge is 0.326 e. The normalized spacial score (nSPS) is 13.8. The van der Waals surface area contributed by atoms with Crippen LogP contribution in [0.4, 0.5) is 0 Å². The van der Waals surface area contributed by atoms with Gasteiger partial charge in [-0.2, -0.15) is 0 Å². The lowest BCUT2D eigenvalue weighted by molar-refractivity contribution is 0.414. The van der Waals surface area contributed by atoms with Gasteiger partial charge in [0.1, 0.15) is 0 Å². The van der Waals surface area contributed by atoms with Crippen molar-refractivity contribution in [2.45, 2.75) is 32.2 Å². The maximum atomic E-state index is 12.3. The van der Waals surface area contributed by atoms with Crippen LogP contribution in [0, 0.1) is 11.8 Å². The topological polar surface area (TPSA) is 72.2 Å². The van der Waals surface area contributed by atoms with E-state index in [1.165, 1.54) is 0 Å². The highest BCUT2D eigenvalue weighted by Crippen LogP contribution is 2.23. The van der Waals surface area contributed by atoms with Crippen molar-refractivity contribution in [3.05, 3.63) is 28.2 Å². The van der Waals surface area contributed by atoms with Gasteiger partial charge < -0.3 is 5.73 Å². The van der Waals surface area contributed by atoms with Crippen LogP contribution in [0.15, 0.2) is 27.6 Å². The van der Waals surface area contributed by atoms with Crippen LogP contribution in [-0.2, 0) is 16.6 Å². The molecule has 4 nitrogen and oxygen atoms in total. The zero-order chi connectivity index (χ0) is 14.6. The van der Waals surface area contributed by atoms with E-state index in [1.807, 2.05) is 6.92 Å². The fourth-order valence-corrected chi connectivity index (χ4v) is 3.59. The van der Waals surface area contributed by atoms with Gasteiger partial charge in [-0.1, -0.05) is 26.8 Å². The van der Waals surface area contributed by atoms with Crippen molar-refractivity contribution in [1.82, 2.24) is 4.72 Å². The number of nitrogens with one attached hydrogen (secondary N) is 1. The maximum absolute atomic E-state index is 12.3. The SMILES string of the molecule is CC(C)C(C)CNS(=O)(=O)c1cc(CN)ccc1Br. The Morgan fingerprint density at radius 3 is 2.47 bits per heavy atom. The summed E-state index contributed by atoms with van der Waals surface area (Å²) in [7, 11) is -3.50. The lowest BCUT2D eigenvalue weighted by Gasteiger charge is -2.17. The minimum Gasteiger partial charge on any atom is -0.326 e. The van der Waals surface area contributed by atoms with Crippen molar-refractivity contribution >= 4 is 26.0 Å². The van der Waals surface area contributed by atoms with Crippen molar-refractivity contribution in [3.63, 3.8) is 0 Å². The number of sulfonamides is 1. The number of rotatable bonds is 6. The Morgan fingerprint density at radius 2 is 1.95 bits per heavy atom. The fraction of sp³-hybridized carbons (Fsp3) is 0.538. The predicted octanol–water partition coefficient (Wildman–Crippen LogP) is 2.48. The second-order valence-electron chi connectivity index (χ2n) is 5.04. The zero-order valence-electron chi connectivity index (χ0n) is 11.5. The van der Waals surface area contributed by atoms with E-state index in [9.17, 15) is 8.42 Å². The quantitative estimate of drug-likeness (QED) is 0.829. The van der Waals surface area contributed by atoms with Crippen molar-refractivity contribution in [3.8, 4) is 0 Å². The summed E-state index contributed by atoms with van der Waals surface area (Å²) in [5, 5.41) is 0. The number of benzene rings is 1. The second kappa shape index (κ2) is 6.83. The van der Waals surface area contributed by atoms with Gasteiger partial charge in [0.2, 0.25) is 10.0 Å². The Morgan fingerprint density at radius 1 is 1.32 bits per heavy atom. The summed E-state index contributed by atoms with van der Waals surface area (Å²) in [5.74, 6) is 0.716. The van der Waals surface area contributed by atoms with Crippen molar-refractivity contribution in [2.75, 3.05) is 6.54 Å². The first-order valence-electron chi connectivity index (χ1n) is 6.26. The molecule has 0 aromatic heterocycles. The summed E-state index contributed by atoms with van der Waals surface area (Å²) in [6.07, 6.45) is 0. The van der Waals surface area contributed by atoms with Gasteiger partial charge in [-0.3, -0.25) is 0 Å². The molecule has 6 heteroatoms. The Kier molecular flexibility index (Phi) is 5.98. The van der Waals surface area contributed by atoms with Crippen LogP contribution < -0.4 is 10.5 Å². The van der Waals surface area contributed by atoms with E-state index in [2.05, 4.69) is 34.5 Å². The van der Waals surface area contributed by atoms with E-state index in [0.717, 1.165) is 5.56 Å². The molecule has 0 fully saturated rings. The standard InChI is InChI=1S/C13H21BrN2O2S/c1-9(2)10(3)8-16-19(17,18)13-6-11(7-15)4-5-12(13)14/h4-6,9-10,16H,7-8,15H2,1-3H3. The molecule has 3 N–H and O–H groups in total. The summed E-state index contributed by atoms with van der Waals surface area (Å²) in [4.78, 5) is 0.242. The van der Waals surface area contributed by atoms with Crippen molar-refractivity contribution in [2.24, 2.45) is 17.6 Å². The van der Waals surface area contributed by atoms with Gasteiger partial charge in [-0.05, 0) is 45.5 Å². The number of hydrogen-bond donors (Lipinski definition) is 2. The average molecular weight is 349 g/mol. The van der Waals surface area contributed by atoms with Gasteiger partial charge in [0, 0.05) is 17.6 Å². The van der Waals surface area contributed by atoms with Crippen LogP contribution in [0.5, 0.6) is 0 Å². The lowest BCUT2D eigenvalue weighted by atomic mass is 9.99. The molecule has 0 aliphatic rings. The molecule has 0 amide bonds. The molecule has 108 valence electrons. The van der Waals surface area contributed by atoms with Gasteiger partial charge in [0.15, 0.2) is 0 Å². The van der Waals surface area contributed by atoms with Crippen LogP contribution in [0.3, 0.4) is 0 Å². The van der Waals surface area contributed by atoms with Crippen LogP contribution in [-0.4, -0.2) is 15.0 Å². The Bertz CT molecular complexity index is 529. The van der Waals surface area contributed by atoms with E-state index >= 15 is 0 Å². The first-order valence-corrected chi connectivity index (χ1v) is 8.53. The summed E-state index contributed by atoms with van der Waals surface area (Å²) in [6, 6.07) is 5.12. The molecule has 0 spiro atoms. The zero-order valence-corrected chi connectivity index (χ0v) is 13.9. The van der Waals surface area contributed by atoms with E-state index in [-0.39, 0.29) is 10.8 Å². The Labute approximate surface area is 124 Å². The fourth-order valence-electron chi connectivity index (χ4n) is 1.44. The van der Waals surface area contributed by atoms with Gasteiger partial charge in [-0.15, -0.1) is 0 Å². The number of nitrogens with two attached hydrogens (primary N) is 1. The van der Waals surface area contributed by atoms with Crippen molar-refractivity contribution < 1.29 is 8.42 Å². The van der Waals surface area contributed by atoms with Crippen molar-refractivity contribution in [1.29, 1.82) is 0 Å². The Hall–Kier alpha value is -0.430. The monoisotopic (exact) mass is 348 g/mol. The molecule has 1 aromatic carbocycles. The van der Waals surface area contributed by atoms with E-state index in [4.69, 9.17) is 5.73 Å².